The van der Waals surface area contributed by atoms with Crippen LogP contribution < -0.4 is 0 Å². The molecule has 0 aromatic carbocycles. The Morgan fingerprint density at radius 3 is 2.43 bits per heavy atom. The molecule has 0 saturated heterocycles. The topological polar surface area (TPSA) is 63.6 Å². The molecule has 0 heterocycles. The first-order valence-electron chi connectivity index (χ1n) is 4.43. The van der Waals surface area contributed by atoms with Crippen molar-refractivity contribution in [2.45, 2.75) is 33.1 Å². The lowest BCUT2D eigenvalue weighted by Gasteiger charge is -2.09. The van der Waals surface area contributed by atoms with E-state index in [0.717, 1.165) is 12.8 Å². The number of carboxylic acids is 1. The van der Waals surface area contributed by atoms with Gasteiger partial charge in [0, 0.05) is 0 Å². The highest BCUT2D eigenvalue weighted by Gasteiger charge is 2.10. The SMILES string of the molecule is CCCC(C)COC(=O)CC(=O)O.[MgH2]. The summed E-state index contributed by atoms with van der Waals surface area (Å²) in [6.45, 7) is 4.34. The lowest BCUT2D eigenvalue weighted by atomic mass is 10.1. The third-order valence-electron chi connectivity index (χ3n) is 1.61. The molecule has 1 N–H and O–H groups in total. The van der Waals surface area contributed by atoms with Gasteiger partial charge in [0.1, 0.15) is 6.42 Å². The number of hydrogen-bond donors (Lipinski definition) is 1. The minimum atomic E-state index is -1.15. The van der Waals surface area contributed by atoms with Crippen LogP contribution in [0, 0.1) is 5.92 Å². The van der Waals surface area contributed by atoms with Gasteiger partial charge in [0.15, 0.2) is 0 Å². The van der Waals surface area contributed by atoms with Crippen LogP contribution in [0.2, 0.25) is 0 Å². The molecule has 14 heavy (non-hydrogen) atoms. The van der Waals surface area contributed by atoms with Gasteiger partial charge in [-0.2, -0.15) is 0 Å². The van der Waals surface area contributed by atoms with Crippen LogP contribution >= 0.6 is 0 Å². The first kappa shape index (κ1) is 16.1. The summed E-state index contributed by atoms with van der Waals surface area (Å²) in [4.78, 5) is 20.8. The molecule has 0 aliphatic rings. The molecule has 0 spiro atoms. The molecule has 0 aromatic heterocycles. The zero-order valence-corrected chi connectivity index (χ0v) is 8.08. The molecule has 80 valence electrons. The van der Waals surface area contributed by atoms with Crippen molar-refractivity contribution in [3.63, 3.8) is 0 Å². The van der Waals surface area contributed by atoms with Crippen LogP contribution in [-0.4, -0.2) is 46.7 Å². The van der Waals surface area contributed by atoms with E-state index in [9.17, 15) is 9.59 Å². The van der Waals surface area contributed by atoms with Crippen LogP contribution in [0.15, 0.2) is 0 Å². The third kappa shape index (κ3) is 9.79. The maximum absolute atomic E-state index is 10.8. The highest BCUT2D eigenvalue weighted by molar-refractivity contribution is 5.90. The van der Waals surface area contributed by atoms with Crippen molar-refractivity contribution in [2.75, 3.05) is 6.61 Å². The maximum atomic E-state index is 10.8. The fourth-order valence-electron chi connectivity index (χ4n) is 0.986. The zero-order chi connectivity index (χ0) is 10.3. The van der Waals surface area contributed by atoms with Gasteiger partial charge in [-0.3, -0.25) is 9.59 Å². The molecule has 4 nitrogen and oxygen atoms in total. The minimum absolute atomic E-state index is 0. The number of esters is 1. The standard InChI is InChI=1S/C9H16O4.Mg.2H/c1-3-4-7(2)6-13-9(12)5-8(10)11;;;/h7H,3-6H2,1-2H3,(H,10,11);;;. The Hall–Kier alpha value is -0.294. The average Bonchev–Trinajstić information content (AvgIpc) is 2.00. The second-order valence-electron chi connectivity index (χ2n) is 3.15. The molecule has 1 atom stereocenters. The number of carbonyl (C=O) groups is 2. The monoisotopic (exact) mass is 214 g/mol. The quantitative estimate of drug-likeness (QED) is 0.398. The van der Waals surface area contributed by atoms with Crippen molar-refractivity contribution in [2.24, 2.45) is 5.92 Å². The summed E-state index contributed by atoms with van der Waals surface area (Å²) in [5, 5.41) is 8.25. The van der Waals surface area contributed by atoms with E-state index in [2.05, 4.69) is 6.92 Å². The third-order valence-corrected chi connectivity index (χ3v) is 1.61. The van der Waals surface area contributed by atoms with Gasteiger partial charge < -0.3 is 9.84 Å². The van der Waals surface area contributed by atoms with Gasteiger partial charge in [-0.15, -0.1) is 0 Å². The minimum Gasteiger partial charge on any atom is -0.481 e. The molecule has 0 aromatic rings. The Morgan fingerprint density at radius 2 is 2.00 bits per heavy atom. The normalized spacial score (nSPS) is 11.3. The number of aliphatic carboxylic acids is 1. The number of carboxylic acid groups (broad SMARTS) is 1. The van der Waals surface area contributed by atoms with E-state index < -0.39 is 18.4 Å². The van der Waals surface area contributed by atoms with Crippen LogP contribution in [0.5, 0.6) is 0 Å². The van der Waals surface area contributed by atoms with Gasteiger partial charge in [0.2, 0.25) is 0 Å². The van der Waals surface area contributed by atoms with Gasteiger partial charge in [-0.1, -0.05) is 20.3 Å². The van der Waals surface area contributed by atoms with Crippen molar-refractivity contribution < 1.29 is 19.4 Å². The average molecular weight is 215 g/mol. The van der Waals surface area contributed by atoms with Gasteiger partial charge in [-0.25, -0.2) is 0 Å². The van der Waals surface area contributed by atoms with Gasteiger partial charge in [0.05, 0.1) is 6.61 Å². The van der Waals surface area contributed by atoms with Crippen molar-refractivity contribution >= 4 is 35.0 Å². The summed E-state index contributed by atoms with van der Waals surface area (Å²) >= 11 is 0. The van der Waals surface area contributed by atoms with Crippen LogP contribution in [0.25, 0.3) is 0 Å². The molecule has 0 rings (SSSR count). The molecule has 0 amide bonds. The fourth-order valence-corrected chi connectivity index (χ4v) is 0.986. The Balaban J connectivity index is 0. The molecule has 0 aliphatic heterocycles. The Morgan fingerprint density at radius 1 is 1.43 bits per heavy atom. The largest absolute Gasteiger partial charge is 0.481 e. The molecule has 0 fully saturated rings. The van der Waals surface area contributed by atoms with E-state index in [0.29, 0.717) is 12.5 Å². The second-order valence-corrected chi connectivity index (χ2v) is 3.15. The molecule has 5 heteroatoms. The Kier molecular flexibility index (Phi) is 10.7. The number of carbonyl (C=O) groups excluding carboxylic acids is 1. The smallest absolute Gasteiger partial charge is 0.317 e. The predicted molar refractivity (Wildman–Crippen MR) is 55.8 cm³/mol. The first-order valence-corrected chi connectivity index (χ1v) is 4.43. The Labute approximate surface area is 100 Å². The summed E-state index contributed by atoms with van der Waals surface area (Å²) < 4.78 is 4.75. The van der Waals surface area contributed by atoms with E-state index >= 15 is 0 Å². The number of rotatable bonds is 6. The van der Waals surface area contributed by atoms with E-state index in [4.69, 9.17) is 9.84 Å². The molecule has 0 aliphatic carbocycles. The highest BCUT2D eigenvalue weighted by atomic mass is 24.3. The van der Waals surface area contributed by atoms with Gasteiger partial charge in [0.25, 0.3) is 0 Å². The molecule has 0 radical (unpaired) electrons. The van der Waals surface area contributed by atoms with E-state index in [-0.39, 0.29) is 23.1 Å². The highest BCUT2D eigenvalue weighted by Crippen LogP contribution is 2.05. The van der Waals surface area contributed by atoms with Crippen molar-refractivity contribution in [1.29, 1.82) is 0 Å². The van der Waals surface area contributed by atoms with Crippen LogP contribution in [-0.2, 0) is 14.3 Å². The first-order chi connectivity index (χ1) is 6.06. The number of hydrogen-bond acceptors (Lipinski definition) is 3. The summed E-state index contributed by atoms with van der Waals surface area (Å²) in [7, 11) is 0. The lowest BCUT2D eigenvalue weighted by Crippen LogP contribution is -2.14. The summed E-state index contributed by atoms with van der Waals surface area (Å²) in [5.74, 6) is -1.49. The fraction of sp³-hybridized carbons (Fsp3) is 0.778. The molecule has 0 saturated carbocycles. The van der Waals surface area contributed by atoms with Crippen molar-refractivity contribution in [3.8, 4) is 0 Å². The summed E-state index contributed by atoms with van der Waals surface area (Å²) in [6.07, 6.45) is 1.48. The maximum Gasteiger partial charge on any atom is 0.317 e. The zero-order valence-electron chi connectivity index (χ0n) is 8.08. The van der Waals surface area contributed by atoms with Gasteiger partial charge >= 0.3 is 35.0 Å². The molecule has 1 unspecified atom stereocenters. The Bertz CT molecular complexity index is 182. The van der Waals surface area contributed by atoms with Crippen LogP contribution in [0.4, 0.5) is 0 Å². The van der Waals surface area contributed by atoms with E-state index in [1.54, 1.807) is 0 Å². The van der Waals surface area contributed by atoms with Crippen LogP contribution in [0.3, 0.4) is 0 Å². The van der Waals surface area contributed by atoms with E-state index in [1.165, 1.54) is 0 Å². The summed E-state index contributed by atoms with van der Waals surface area (Å²) in [5.41, 5.74) is 0. The summed E-state index contributed by atoms with van der Waals surface area (Å²) in [6, 6.07) is 0. The number of ether oxygens (including phenoxy) is 1. The lowest BCUT2D eigenvalue weighted by molar-refractivity contribution is -0.152. The molecular formula is C9H18MgO4. The molecular weight excluding hydrogens is 196 g/mol. The van der Waals surface area contributed by atoms with Crippen molar-refractivity contribution in [3.05, 3.63) is 0 Å². The predicted octanol–water partition coefficient (Wildman–Crippen LogP) is 0.524. The second kappa shape index (κ2) is 9.27. The van der Waals surface area contributed by atoms with Crippen molar-refractivity contribution in [1.82, 2.24) is 0 Å². The van der Waals surface area contributed by atoms with E-state index in [1.807, 2.05) is 6.92 Å². The van der Waals surface area contributed by atoms with Crippen LogP contribution in [0.1, 0.15) is 33.1 Å². The van der Waals surface area contributed by atoms with Gasteiger partial charge in [-0.05, 0) is 12.3 Å². The molecule has 0 bridgehead atoms.